The second kappa shape index (κ2) is 5.44. The first kappa shape index (κ1) is 14.4. The van der Waals surface area contributed by atoms with Gasteiger partial charge in [-0.05, 0) is 24.3 Å². The van der Waals surface area contributed by atoms with Gasteiger partial charge in [-0.25, -0.2) is 18.1 Å². The van der Waals surface area contributed by atoms with Gasteiger partial charge in [0.25, 0.3) is 0 Å². The highest BCUT2D eigenvalue weighted by atomic mass is 32.2. The minimum absolute atomic E-state index is 0.0732. The van der Waals surface area contributed by atoms with Gasteiger partial charge in [0.15, 0.2) is 28.1 Å². The molecule has 3 aromatic heterocycles. The van der Waals surface area contributed by atoms with E-state index in [-0.39, 0.29) is 11.4 Å². The molecule has 0 aliphatic carbocycles. The lowest BCUT2D eigenvalue weighted by Crippen LogP contribution is -2.05. The third-order valence-corrected chi connectivity index (χ3v) is 5.09. The predicted octanol–water partition coefficient (Wildman–Crippen LogP) is 2.73. The van der Waals surface area contributed by atoms with Crippen LogP contribution >= 0.6 is 0 Å². The molecule has 1 atom stereocenters. The third-order valence-electron chi connectivity index (χ3n) is 3.72. The van der Waals surface area contributed by atoms with Crippen LogP contribution in [0.15, 0.2) is 59.8 Å². The highest BCUT2D eigenvalue weighted by Gasteiger charge is 2.21. The fourth-order valence-corrected chi connectivity index (χ4v) is 3.89. The molecule has 7 heteroatoms. The Hall–Kier alpha value is -3.24. The van der Waals surface area contributed by atoms with Crippen LogP contribution in [0.2, 0.25) is 0 Å². The van der Waals surface area contributed by atoms with Gasteiger partial charge >= 0.3 is 0 Å². The van der Waals surface area contributed by atoms with Gasteiger partial charge in [0, 0.05) is 11.6 Å². The Morgan fingerprint density at radius 3 is 2.67 bits per heavy atom. The molecule has 0 saturated carbocycles. The van der Waals surface area contributed by atoms with E-state index in [1.807, 2.05) is 12.1 Å². The van der Waals surface area contributed by atoms with E-state index in [1.165, 1.54) is 10.2 Å². The van der Waals surface area contributed by atoms with Crippen molar-refractivity contribution in [3.8, 4) is 11.8 Å². The zero-order valence-electron chi connectivity index (χ0n) is 12.2. The van der Waals surface area contributed by atoms with Crippen LogP contribution in [0.3, 0.4) is 0 Å². The van der Waals surface area contributed by atoms with Crippen molar-refractivity contribution in [2.24, 2.45) is 0 Å². The number of aromatic nitrogens is 3. The van der Waals surface area contributed by atoms with Gasteiger partial charge < -0.3 is 5.11 Å². The zero-order chi connectivity index (χ0) is 16.7. The summed E-state index contributed by atoms with van der Waals surface area (Å²) in [7, 11) is -1.56. The molecular formula is C17H10N4O2S. The summed E-state index contributed by atoms with van der Waals surface area (Å²) in [6, 6.07) is 14.3. The van der Waals surface area contributed by atoms with E-state index in [4.69, 9.17) is 5.26 Å². The summed E-state index contributed by atoms with van der Waals surface area (Å²) in [4.78, 5) is 8.88. The molecule has 0 spiro atoms. The molecule has 0 amide bonds. The molecule has 24 heavy (non-hydrogen) atoms. The number of nitriles is 1. The molecule has 116 valence electrons. The van der Waals surface area contributed by atoms with Crippen LogP contribution in [-0.4, -0.2) is 23.3 Å². The highest BCUT2D eigenvalue weighted by molar-refractivity contribution is 7.84. The molecule has 1 aromatic carbocycles. The lowest BCUT2D eigenvalue weighted by Gasteiger charge is -2.06. The average molecular weight is 334 g/mol. The molecule has 1 unspecified atom stereocenters. The quantitative estimate of drug-likeness (QED) is 0.608. The van der Waals surface area contributed by atoms with E-state index in [9.17, 15) is 9.32 Å². The van der Waals surface area contributed by atoms with E-state index in [0.29, 0.717) is 26.8 Å². The molecular weight excluding hydrogens is 324 g/mol. The summed E-state index contributed by atoms with van der Waals surface area (Å²) < 4.78 is 14.6. The van der Waals surface area contributed by atoms with E-state index >= 15 is 0 Å². The maximum absolute atomic E-state index is 13.1. The Balaban J connectivity index is 2.14. The predicted molar refractivity (Wildman–Crippen MR) is 89.7 cm³/mol. The van der Waals surface area contributed by atoms with Crippen molar-refractivity contribution in [2.45, 2.75) is 4.90 Å². The largest absolute Gasteiger partial charge is 0.504 e. The summed E-state index contributed by atoms with van der Waals surface area (Å²) in [5.41, 5.74) is 0.847. The molecule has 0 fully saturated rings. The van der Waals surface area contributed by atoms with E-state index < -0.39 is 11.0 Å². The van der Waals surface area contributed by atoms with Crippen molar-refractivity contribution in [3.63, 3.8) is 0 Å². The van der Waals surface area contributed by atoms with Crippen LogP contribution in [0, 0.1) is 11.3 Å². The third kappa shape index (κ3) is 1.97. The van der Waals surface area contributed by atoms with Crippen LogP contribution < -0.4 is 0 Å². The van der Waals surface area contributed by atoms with E-state index in [0.717, 1.165) is 0 Å². The smallest absolute Gasteiger partial charge is 0.183 e. The second-order valence-electron chi connectivity index (χ2n) is 5.06. The number of rotatable bonds is 2. The monoisotopic (exact) mass is 334 g/mol. The number of nitrogens with zero attached hydrogens (tertiary/aromatic N) is 4. The summed E-state index contributed by atoms with van der Waals surface area (Å²) in [6.45, 7) is 0. The van der Waals surface area contributed by atoms with Crippen molar-refractivity contribution in [3.05, 3.63) is 60.6 Å². The number of pyridine rings is 2. The number of hydrogen-bond donors (Lipinski definition) is 1. The van der Waals surface area contributed by atoms with Crippen molar-refractivity contribution in [1.29, 1.82) is 5.26 Å². The zero-order valence-corrected chi connectivity index (χ0v) is 13.1. The second-order valence-corrected chi connectivity index (χ2v) is 6.39. The summed E-state index contributed by atoms with van der Waals surface area (Å²) >= 11 is 0. The first-order valence-corrected chi connectivity index (χ1v) is 8.17. The van der Waals surface area contributed by atoms with Crippen molar-refractivity contribution in [2.75, 3.05) is 0 Å². The maximum Gasteiger partial charge on any atom is 0.183 e. The number of aromatic hydroxyl groups is 1. The minimum Gasteiger partial charge on any atom is -0.504 e. The van der Waals surface area contributed by atoms with Gasteiger partial charge in [0.2, 0.25) is 0 Å². The molecule has 0 radical (unpaired) electrons. The van der Waals surface area contributed by atoms with Crippen LogP contribution in [0.5, 0.6) is 5.75 Å². The molecule has 1 N–H and O–H groups in total. The maximum atomic E-state index is 13.1. The van der Waals surface area contributed by atoms with Crippen LogP contribution in [0.1, 0.15) is 5.69 Å². The van der Waals surface area contributed by atoms with E-state index in [2.05, 4.69) is 9.97 Å². The summed E-state index contributed by atoms with van der Waals surface area (Å²) in [5, 5.41) is 20.5. The first-order chi connectivity index (χ1) is 11.7. The van der Waals surface area contributed by atoms with Crippen LogP contribution in [0.4, 0.5) is 0 Å². The van der Waals surface area contributed by atoms with E-state index in [1.54, 1.807) is 42.6 Å². The molecule has 0 aliphatic heterocycles. The SMILES string of the molecule is N#Cc1ncc2c(c1O)c1cccnc1n2S(=O)c1ccccc1. The standard InChI is InChI=1S/C17H10N4O2S/c18-9-13-16(22)15-12-7-4-8-19-17(12)21(14(15)10-20-13)24(23)11-5-2-1-3-6-11/h1-8,10,22H. The molecule has 6 nitrogen and oxygen atoms in total. The molecule has 0 saturated heterocycles. The summed E-state index contributed by atoms with van der Waals surface area (Å²) in [5.74, 6) is -0.225. The van der Waals surface area contributed by atoms with Gasteiger partial charge in [-0.1, -0.05) is 18.2 Å². The van der Waals surface area contributed by atoms with Crippen LogP contribution in [0.25, 0.3) is 21.9 Å². The molecule has 0 aliphatic rings. The van der Waals surface area contributed by atoms with Gasteiger partial charge in [-0.2, -0.15) is 5.26 Å². The normalized spacial score (nSPS) is 12.3. The van der Waals surface area contributed by atoms with Gasteiger partial charge in [-0.15, -0.1) is 0 Å². The van der Waals surface area contributed by atoms with Gasteiger partial charge in [-0.3, -0.25) is 0 Å². The minimum atomic E-state index is -1.56. The Morgan fingerprint density at radius 2 is 1.92 bits per heavy atom. The fraction of sp³-hybridized carbons (Fsp3) is 0. The molecule has 4 rings (SSSR count). The van der Waals surface area contributed by atoms with Crippen molar-refractivity contribution in [1.82, 2.24) is 13.9 Å². The summed E-state index contributed by atoms with van der Waals surface area (Å²) in [6.07, 6.45) is 3.03. The van der Waals surface area contributed by atoms with Crippen LogP contribution in [-0.2, 0) is 11.0 Å². The Labute approximate surface area is 139 Å². The Kier molecular flexibility index (Phi) is 3.25. The van der Waals surface area contributed by atoms with Crippen molar-refractivity contribution < 1.29 is 9.32 Å². The Bertz CT molecular complexity index is 1150. The highest BCUT2D eigenvalue weighted by Crippen LogP contribution is 2.36. The molecule has 3 heterocycles. The Morgan fingerprint density at radius 1 is 1.12 bits per heavy atom. The lowest BCUT2D eigenvalue weighted by molar-refractivity contribution is 0.477. The average Bonchev–Trinajstić information content (AvgIpc) is 2.97. The molecule has 4 aromatic rings. The number of hydrogen-bond acceptors (Lipinski definition) is 5. The van der Waals surface area contributed by atoms with Gasteiger partial charge in [0.05, 0.1) is 22.0 Å². The lowest BCUT2D eigenvalue weighted by atomic mass is 10.2. The number of fused-ring (bicyclic) bond motifs is 3. The topological polar surface area (TPSA) is 91.8 Å². The molecule has 0 bridgehead atoms. The first-order valence-electron chi connectivity index (χ1n) is 7.07. The fourth-order valence-electron chi connectivity index (χ4n) is 2.67. The van der Waals surface area contributed by atoms with Gasteiger partial charge in [0.1, 0.15) is 6.07 Å². The van der Waals surface area contributed by atoms with Crippen molar-refractivity contribution >= 4 is 32.9 Å². The number of benzene rings is 1.